The summed E-state index contributed by atoms with van der Waals surface area (Å²) in [4.78, 5) is 15.7. The molecule has 0 aliphatic heterocycles. The number of urea groups is 1. The fourth-order valence-electron chi connectivity index (χ4n) is 2.45. The average molecular weight is 315 g/mol. The van der Waals surface area contributed by atoms with Crippen LogP contribution in [0, 0.1) is 0 Å². The Morgan fingerprint density at radius 2 is 1.87 bits per heavy atom. The van der Waals surface area contributed by atoms with E-state index in [9.17, 15) is 4.79 Å². The van der Waals surface area contributed by atoms with Crippen molar-refractivity contribution in [1.29, 1.82) is 0 Å². The highest BCUT2D eigenvalue weighted by Gasteiger charge is 2.17. The monoisotopic (exact) mass is 315 g/mol. The van der Waals surface area contributed by atoms with Crippen LogP contribution in [-0.4, -0.2) is 54.8 Å². The summed E-state index contributed by atoms with van der Waals surface area (Å²) in [5.41, 5.74) is 2.35. The summed E-state index contributed by atoms with van der Waals surface area (Å²) in [6.07, 6.45) is 2.05. The lowest BCUT2D eigenvalue weighted by Crippen LogP contribution is -2.40. The highest BCUT2D eigenvalue weighted by atomic mass is 16.5. The van der Waals surface area contributed by atoms with Gasteiger partial charge in [-0.25, -0.2) is 4.79 Å². The first kappa shape index (κ1) is 17.1. The predicted octanol–water partition coefficient (Wildman–Crippen LogP) is 2.67. The SMILES string of the molecule is COCCN(Cc1cccn1Cc1ccccc1)C(=O)N(C)C. The van der Waals surface area contributed by atoms with Gasteiger partial charge in [-0.05, 0) is 17.7 Å². The Labute approximate surface area is 138 Å². The number of hydrogen-bond acceptors (Lipinski definition) is 2. The first-order chi connectivity index (χ1) is 11.1. The molecule has 0 radical (unpaired) electrons. The third-order valence-corrected chi connectivity index (χ3v) is 3.69. The zero-order chi connectivity index (χ0) is 16.7. The second-order valence-electron chi connectivity index (χ2n) is 5.70. The van der Waals surface area contributed by atoms with Crippen LogP contribution in [0.3, 0.4) is 0 Å². The Bertz CT molecular complexity index is 608. The van der Waals surface area contributed by atoms with Crippen LogP contribution < -0.4 is 0 Å². The summed E-state index contributed by atoms with van der Waals surface area (Å²) >= 11 is 0. The molecule has 0 aliphatic carbocycles. The molecule has 1 heterocycles. The van der Waals surface area contributed by atoms with Crippen LogP contribution >= 0.6 is 0 Å². The van der Waals surface area contributed by atoms with Crippen LogP contribution in [0.25, 0.3) is 0 Å². The minimum absolute atomic E-state index is 0.00508. The topological polar surface area (TPSA) is 37.7 Å². The van der Waals surface area contributed by atoms with Gasteiger partial charge in [0.15, 0.2) is 0 Å². The number of ether oxygens (including phenoxy) is 1. The number of carbonyl (C=O) groups is 1. The molecular weight excluding hydrogens is 290 g/mol. The third kappa shape index (κ3) is 4.86. The molecule has 0 bridgehead atoms. The van der Waals surface area contributed by atoms with Crippen molar-refractivity contribution in [3.63, 3.8) is 0 Å². The van der Waals surface area contributed by atoms with Crippen molar-refractivity contribution in [2.24, 2.45) is 0 Å². The predicted molar refractivity (Wildman–Crippen MR) is 91.3 cm³/mol. The summed E-state index contributed by atoms with van der Waals surface area (Å²) in [6.45, 7) is 2.47. The standard InChI is InChI=1S/C18H25N3O2/c1-19(2)18(22)21(12-13-23-3)15-17-10-7-11-20(17)14-16-8-5-4-6-9-16/h4-11H,12-15H2,1-3H3. The summed E-state index contributed by atoms with van der Waals surface area (Å²) in [5.74, 6) is 0. The van der Waals surface area contributed by atoms with E-state index in [2.05, 4.69) is 29.0 Å². The zero-order valence-corrected chi connectivity index (χ0v) is 14.1. The molecule has 0 atom stereocenters. The minimum atomic E-state index is -0.00508. The third-order valence-electron chi connectivity index (χ3n) is 3.69. The van der Waals surface area contributed by atoms with Gasteiger partial charge in [-0.2, -0.15) is 0 Å². The molecule has 5 nitrogen and oxygen atoms in total. The van der Waals surface area contributed by atoms with Gasteiger partial charge in [0, 0.05) is 46.2 Å². The number of nitrogens with zero attached hydrogens (tertiary/aromatic N) is 3. The lowest BCUT2D eigenvalue weighted by molar-refractivity contribution is 0.131. The first-order valence-electron chi connectivity index (χ1n) is 7.75. The van der Waals surface area contributed by atoms with Gasteiger partial charge in [0.25, 0.3) is 0 Å². The molecule has 1 aromatic carbocycles. The van der Waals surface area contributed by atoms with Gasteiger partial charge in [-0.1, -0.05) is 30.3 Å². The lowest BCUT2D eigenvalue weighted by Gasteiger charge is -2.26. The highest BCUT2D eigenvalue weighted by molar-refractivity contribution is 5.73. The number of amides is 2. The summed E-state index contributed by atoms with van der Waals surface area (Å²) < 4.78 is 7.31. The molecular formula is C18H25N3O2. The van der Waals surface area contributed by atoms with E-state index >= 15 is 0 Å². The minimum Gasteiger partial charge on any atom is -0.383 e. The molecule has 0 saturated carbocycles. The second kappa shape index (κ2) is 8.39. The van der Waals surface area contributed by atoms with Crippen molar-refractivity contribution >= 4 is 6.03 Å². The van der Waals surface area contributed by atoms with Crippen LogP contribution in [0.15, 0.2) is 48.7 Å². The average Bonchev–Trinajstić information content (AvgIpc) is 2.98. The largest absolute Gasteiger partial charge is 0.383 e. The van der Waals surface area contributed by atoms with Crippen LogP contribution in [0.1, 0.15) is 11.3 Å². The fourth-order valence-corrected chi connectivity index (χ4v) is 2.45. The maximum Gasteiger partial charge on any atom is 0.319 e. The first-order valence-corrected chi connectivity index (χ1v) is 7.75. The molecule has 0 fully saturated rings. The molecule has 2 aromatic rings. The molecule has 0 N–H and O–H groups in total. The molecule has 0 aliphatic rings. The molecule has 0 unspecified atom stereocenters. The summed E-state index contributed by atoms with van der Waals surface area (Å²) in [5, 5.41) is 0. The Balaban J connectivity index is 2.11. The number of aromatic nitrogens is 1. The number of carbonyl (C=O) groups excluding carboxylic acids is 1. The van der Waals surface area contributed by atoms with Gasteiger partial charge in [0.1, 0.15) is 0 Å². The van der Waals surface area contributed by atoms with Gasteiger partial charge in [-0.15, -0.1) is 0 Å². The fraction of sp³-hybridized carbons (Fsp3) is 0.389. The van der Waals surface area contributed by atoms with E-state index in [-0.39, 0.29) is 6.03 Å². The molecule has 0 spiro atoms. The van der Waals surface area contributed by atoms with Crippen molar-refractivity contribution in [1.82, 2.24) is 14.4 Å². The molecule has 23 heavy (non-hydrogen) atoms. The van der Waals surface area contributed by atoms with Crippen LogP contribution in [-0.2, 0) is 17.8 Å². The van der Waals surface area contributed by atoms with Gasteiger partial charge in [0.05, 0.1) is 13.2 Å². The molecule has 0 saturated heterocycles. The lowest BCUT2D eigenvalue weighted by atomic mass is 10.2. The Morgan fingerprint density at radius 1 is 1.13 bits per heavy atom. The Morgan fingerprint density at radius 3 is 2.52 bits per heavy atom. The van der Waals surface area contributed by atoms with E-state index in [0.29, 0.717) is 19.7 Å². The second-order valence-corrected chi connectivity index (χ2v) is 5.70. The van der Waals surface area contributed by atoms with Crippen molar-refractivity contribution in [3.05, 3.63) is 59.9 Å². The maximum atomic E-state index is 12.3. The Hall–Kier alpha value is -2.27. The molecule has 5 heteroatoms. The van der Waals surface area contributed by atoms with E-state index < -0.39 is 0 Å². The van der Waals surface area contributed by atoms with Gasteiger partial charge in [-0.3, -0.25) is 0 Å². The van der Waals surface area contributed by atoms with Crippen molar-refractivity contribution in [2.75, 3.05) is 34.4 Å². The molecule has 1 aromatic heterocycles. The van der Waals surface area contributed by atoms with Gasteiger partial charge >= 0.3 is 6.03 Å². The highest BCUT2D eigenvalue weighted by Crippen LogP contribution is 2.11. The maximum absolute atomic E-state index is 12.3. The van der Waals surface area contributed by atoms with Crippen molar-refractivity contribution < 1.29 is 9.53 Å². The van der Waals surface area contributed by atoms with Crippen LogP contribution in [0.2, 0.25) is 0 Å². The smallest absolute Gasteiger partial charge is 0.319 e. The van der Waals surface area contributed by atoms with Crippen molar-refractivity contribution in [3.8, 4) is 0 Å². The van der Waals surface area contributed by atoms with Gasteiger partial charge < -0.3 is 19.1 Å². The van der Waals surface area contributed by atoms with Crippen LogP contribution in [0.5, 0.6) is 0 Å². The molecule has 2 rings (SSSR count). The van der Waals surface area contributed by atoms with Crippen molar-refractivity contribution in [2.45, 2.75) is 13.1 Å². The number of rotatable bonds is 7. The van der Waals surface area contributed by atoms with E-state index in [0.717, 1.165) is 12.2 Å². The van der Waals surface area contributed by atoms with Crippen LogP contribution in [0.4, 0.5) is 4.79 Å². The van der Waals surface area contributed by atoms with E-state index in [1.54, 1.807) is 31.0 Å². The molecule has 124 valence electrons. The van der Waals surface area contributed by atoms with E-state index in [1.807, 2.05) is 24.3 Å². The summed E-state index contributed by atoms with van der Waals surface area (Å²) in [6, 6.07) is 14.4. The zero-order valence-electron chi connectivity index (χ0n) is 14.1. The number of hydrogen-bond donors (Lipinski definition) is 0. The van der Waals surface area contributed by atoms with E-state index in [1.165, 1.54) is 5.56 Å². The van der Waals surface area contributed by atoms with Gasteiger partial charge in [0.2, 0.25) is 0 Å². The quantitative estimate of drug-likeness (QED) is 0.788. The summed E-state index contributed by atoms with van der Waals surface area (Å²) in [7, 11) is 5.19. The molecule has 2 amide bonds. The Kier molecular flexibility index (Phi) is 6.23. The normalized spacial score (nSPS) is 10.6. The number of methoxy groups -OCH3 is 1. The van der Waals surface area contributed by atoms with E-state index in [4.69, 9.17) is 4.74 Å². The number of benzene rings is 1.